The highest BCUT2D eigenvalue weighted by atomic mass is 35.5. The second-order valence-electron chi connectivity index (χ2n) is 4.81. The van der Waals surface area contributed by atoms with Crippen molar-refractivity contribution >= 4 is 23.1 Å². The molecule has 3 aromatic rings. The van der Waals surface area contributed by atoms with E-state index in [1.807, 2.05) is 31.2 Å². The Morgan fingerprint density at radius 1 is 1.27 bits per heavy atom. The first-order valence-corrected chi connectivity index (χ1v) is 7.03. The maximum absolute atomic E-state index is 11.3. The first-order valence-electron chi connectivity index (χ1n) is 6.65. The second kappa shape index (κ2) is 5.69. The molecule has 0 spiro atoms. The predicted octanol–water partition coefficient (Wildman–Crippen LogP) is 3.57. The van der Waals surface area contributed by atoms with Crippen molar-refractivity contribution in [2.45, 2.75) is 13.5 Å². The minimum atomic E-state index is -1.10. The molecule has 5 nitrogen and oxygen atoms in total. The lowest BCUT2D eigenvalue weighted by Gasteiger charge is -2.08. The number of benzene rings is 1. The number of pyridine rings is 1. The van der Waals surface area contributed by atoms with Gasteiger partial charge < -0.3 is 9.84 Å². The van der Waals surface area contributed by atoms with Gasteiger partial charge in [-0.2, -0.15) is 0 Å². The molecule has 0 aliphatic carbocycles. The summed E-state index contributed by atoms with van der Waals surface area (Å²) in [7, 11) is 0. The van der Waals surface area contributed by atoms with Gasteiger partial charge in [-0.15, -0.1) is 0 Å². The topological polar surface area (TPSA) is 63.8 Å². The van der Waals surface area contributed by atoms with Gasteiger partial charge in [-0.25, -0.2) is 9.78 Å². The molecule has 1 N–H and O–H groups in total. The Bertz CT molecular complexity index is 858. The van der Waals surface area contributed by atoms with Crippen LogP contribution in [0.15, 0.2) is 42.5 Å². The number of hydrogen-bond acceptors (Lipinski definition) is 3. The van der Waals surface area contributed by atoms with Crippen molar-refractivity contribution in [1.82, 2.24) is 9.38 Å². The van der Waals surface area contributed by atoms with Crippen LogP contribution in [0.2, 0.25) is 5.15 Å². The van der Waals surface area contributed by atoms with E-state index in [0.717, 1.165) is 11.3 Å². The van der Waals surface area contributed by atoms with Gasteiger partial charge in [0.05, 0.1) is 5.52 Å². The van der Waals surface area contributed by atoms with Crippen LogP contribution in [0.25, 0.3) is 5.52 Å². The Kier molecular flexibility index (Phi) is 3.73. The normalized spacial score (nSPS) is 10.8. The third-order valence-corrected chi connectivity index (χ3v) is 3.63. The van der Waals surface area contributed by atoms with Crippen molar-refractivity contribution < 1.29 is 14.6 Å². The fourth-order valence-corrected chi connectivity index (χ4v) is 2.54. The molecular weight excluding hydrogens is 304 g/mol. The van der Waals surface area contributed by atoms with E-state index in [9.17, 15) is 9.90 Å². The zero-order chi connectivity index (χ0) is 15.7. The first-order chi connectivity index (χ1) is 10.6. The van der Waals surface area contributed by atoms with E-state index in [-0.39, 0.29) is 12.3 Å². The van der Waals surface area contributed by atoms with Crippen LogP contribution in [0, 0.1) is 6.92 Å². The standard InChI is InChI=1S/C16H13ClN2O3/c1-10-5-2-3-7-12(10)22-9-14-18-15(16(20)21)11-6-4-8-13(17)19(11)14/h2-8H,9H2,1H3,(H,20,21). The third-order valence-electron chi connectivity index (χ3n) is 3.34. The van der Waals surface area contributed by atoms with Gasteiger partial charge in [0.15, 0.2) is 11.5 Å². The molecule has 0 bridgehead atoms. The van der Waals surface area contributed by atoms with E-state index < -0.39 is 5.97 Å². The maximum Gasteiger partial charge on any atom is 0.356 e. The number of aromatic carboxylic acids is 1. The molecule has 6 heteroatoms. The molecule has 3 rings (SSSR count). The lowest BCUT2D eigenvalue weighted by molar-refractivity contribution is 0.0693. The monoisotopic (exact) mass is 316 g/mol. The minimum Gasteiger partial charge on any atom is -0.485 e. The van der Waals surface area contributed by atoms with Crippen LogP contribution >= 0.6 is 11.6 Å². The number of nitrogens with zero attached hydrogens (tertiary/aromatic N) is 2. The van der Waals surface area contributed by atoms with Crippen LogP contribution in [0.4, 0.5) is 0 Å². The minimum absolute atomic E-state index is 0.0362. The summed E-state index contributed by atoms with van der Waals surface area (Å²) in [5.41, 5.74) is 1.40. The molecule has 2 aromatic heterocycles. The number of carboxylic acids is 1. The van der Waals surface area contributed by atoms with Gasteiger partial charge in [-0.1, -0.05) is 35.9 Å². The number of aryl methyl sites for hydroxylation is 1. The quantitative estimate of drug-likeness (QED) is 0.747. The number of imidazole rings is 1. The van der Waals surface area contributed by atoms with Gasteiger partial charge in [-0.3, -0.25) is 4.40 Å². The Morgan fingerprint density at radius 2 is 2.05 bits per heavy atom. The highest BCUT2D eigenvalue weighted by molar-refractivity contribution is 6.29. The zero-order valence-electron chi connectivity index (χ0n) is 11.8. The highest BCUT2D eigenvalue weighted by Crippen LogP contribution is 2.22. The largest absolute Gasteiger partial charge is 0.485 e. The fraction of sp³-hybridized carbons (Fsp3) is 0.125. The van der Waals surface area contributed by atoms with Crippen LogP contribution in [0.3, 0.4) is 0 Å². The summed E-state index contributed by atoms with van der Waals surface area (Å²) >= 11 is 6.17. The molecule has 0 fully saturated rings. The van der Waals surface area contributed by atoms with E-state index >= 15 is 0 Å². The Morgan fingerprint density at radius 3 is 2.77 bits per heavy atom. The number of aromatic nitrogens is 2. The number of para-hydroxylation sites is 1. The molecule has 1 aromatic carbocycles. The SMILES string of the molecule is Cc1ccccc1OCc1nc(C(=O)O)c2cccc(Cl)n12. The van der Waals surface area contributed by atoms with Crippen LogP contribution in [0.1, 0.15) is 21.9 Å². The zero-order valence-corrected chi connectivity index (χ0v) is 12.5. The van der Waals surface area contributed by atoms with Crippen molar-refractivity contribution in [2.75, 3.05) is 0 Å². The van der Waals surface area contributed by atoms with E-state index in [1.165, 1.54) is 0 Å². The summed E-state index contributed by atoms with van der Waals surface area (Å²) in [5, 5.41) is 9.65. The summed E-state index contributed by atoms with van der Waals surface area (Å²) in [6.45, 7) is 2.07. The van der Waals surface area contributed by atoms with Gasteiger partial charge in [-0.05, 0) is 30.7 Å². The molecule has 2 heterocycles. The average molecular weight is 317 g/mol. The van der Waals surface area contributed by atoms with Crippen molar-refractivity contribution in [2.24, 2.45) is 0 Å². The molecule has 0 aliphatic heterocycles. The van der Waals surface area contributed by atoms with Crippen LogP contribution in [-0.4, -0.2) is 20.5 Å². The van der Waals surface area contributed by atoms with E-state index in [0.29, 0.717) is 16.5 Å². The van der Waals surface area contributed by atoms with Crippen molar-refractivity contribution in [3.63, 3.8) is 0 Å². The third kappa shape index (κ3) is 2.51. The van der Waals surface area contributed by atoms with E-state index in [1.54, 1.807) is 22.6 Å². The second-order valence-corrected chi connectivity index (χ2v) is 5.19. The highest BCUT2D eigenvalue weighted by Gasteiger charge is 2.18. The van der Waals surface area contributed by atoms with Crippen LogP contribution < -0.4 is 4.74 Å². The lowest BCUT2D eigenvalue weighted by Crippen LogP contribution is -2.03. The van der Waals surface area contributed by atoms with Gasteiger partial charge in [0.25, 0.3) is 0 Å². The van der Waals surface area contributed by atoms with Crippen molar-refractivity contribution in [3.8, 4) is 5.75 Å². The Labute approximate surface area is 131 Å². The smallest absolute Gasteiger partial charge is 0.356 e. The molecule has 0 saturated carbocycles. The summed E-state index contributed by atoms with van der Waals surface area (Å²) < 4.78 is 7.33. The molecule has 0 atom stereocenters. The molecule has 0 saturated heterocycles. The Hall–Kier alpha value is -2.53. The molecule has 0 unspecified atom stereocenters. The number of hydrogen-bond donors (Lipinski definition) is 1. The molecule has 0 radical (unpaired) electrons. The van der Waals surface area contributed by atoms with E-state index in [4.69, 9.17) is 16.3 Å². The summed E-state index contributed by atoms with van der Waals surface area (Å²) in [6, 6.07) is 12.6. The molecule has 112 valence electrons. The van der Waals surface area contributed by atoms with Gasteiger partial charge in [0.1, 0.15) is 17.5 Å². The van der Waals surface area contributed by atoms with Gasteiger partial charge in [0, 0.05) is 0 Å². The van der Waals surface area contributed by atoms with Crippen molar-refractivity contribution in [1.29, 1.82) is 0 Å². The lowest BCUT2D eigenvalue weighted by atomic mass is 10.2. The first kappa shape index (κ1) is 14.4. The number of halogens is 1. The number of fused-ring (bicyclic) bond motifs is 1. The summed E-state index contributed by atoms with van der Waals surface area (Å²) in [5.74, 6) is 0.0753. The Balaban J connectivity index is 2.00. The van der Waals surface area contributed by atoms with Gasteiger partial charge >= 0.3 is 5.97 Å². The number of rotatable bonds is 4. The number of carbonyl (C=O) groups is 1. The summed E-state index contributed by atoms with van der Waals surface area (Å²) in [4.78, 5) is 15.5. The van der Waals surface area contributed by atoms with Gasteiger partial charge in [0.2, 0.25) is 0 Å². The predicted molar refractivity (Wildman–Crippen MR) is 82.7 cm³/mol. The average Bonchev–Trinajstić information content (AvgIpc) is 2.87. The van der Waals surface area contributed by atoms with Crippen LogP contribution in [-0.2, 0) is 6.61 Å². The summed E-state index contributed by atoms with van der Waals surface area (Å²) in [6.07, 6.45) is 0. The number of carboxylic acid groups (broad SMARTS) is 1. The fourth-order valence-electron chi connectivity index (χ4n) is 2.28. The maximum atomic E-state index is 11.3. The van der Waals surface area contributed by atoms with E-state index in [2.05, 4.69) is 4.98 Å². The molecule has 0 aliphatic rings. The van der Waals surface area contributed by atoms with Crippen LogP contribution in [0.5, 0.6) is 5.75 Å². The van der Waals surface area contributed by atoms with Crippen molar-refractivity contribution in [3.05, 3.63) is 64.7 Å². The number of ether oxygens (including phenoxy) is 1. The molecular formula is C16H13ClN2O3. The molecule has 22 heavy (non-hydrogen) atoms. The molecule has 0 amide bonds.